The van der Waals surface area contributed by atoms with Gasteiger partial charge in [0, 0.05) is 19.5 Å². The number of amides is 1. The first-order valence-electron chi connectivity index (χ1n) is 5.81. The average Bonchev–Trinajstić information content (AvgIpc) is 2.35. The molecule has 4 heteroatoms. The Kier molecular flexibility index (Phi) is 3.37. The molecule has 0 aliphatic heterocycles. The van der Waals surface area contributed by atoms with Crippen LogP contribution in [0.15, 0.2) is 36.4 Å². The number of hydrogen-bond acceptors (Lipinski definition) is 3. The van der Waals surface area contributed by atoms with Crippen LogP contribution in [0.1, 0.15) is 0 Å². The van der Waals surface area contributed by atoms with E-state index >= 15 is 0 Å². The lowest BCUT2D eigenvalue weighted by molar-refractivity contribution is -0.116. The van der Waals surface area contributed by atoms with Gasteiger partial charge in [0.2, 0.25) is 5.91 Å². The Morgan fingerprint density at radius 1 is 1.22 bits per heavy atom. The van der Waals surface area contributed by atoms with Gasteiger partial charge in [-0.05, 0) is 11.5 Å². The second kappa shape index (κ2) is 4.96. The molecule has 2 aromatic carbocycles. The molecule has 0 aliphatic carbocycles. The fraction of sp³-hybridized carbons (Fsp3) is 0.214. The molecule has 2 aromatic rings. The predicted molar refractivity (Wildman–Crippen MR) is 76.0 cm³/mol. The van der Waals surface area contributed by atoms with Crippen LogP contribution < -0.4 is 16.0 Å². The van der Waals surface area contributed by atoms with Crippen molar-refractivity contribution in [3.63, 3.8) is 0 Å². The summed E-state index contributed by atoms with van der Waals surface area (Å²) in [6, 6.07) is 12.2. The summed E-state index contributed by atoms with van der Waals surface area (Å²) in [5, 5.41) is 5.39. The van der Waals surface area contributed by atoms with E-state index in [1.54, 1.807) is 0 Å². The Bertz CT molecular complexity index is 578. The summed E-state index contributed by atoms with van der Waals surface area (Å²) in [6.45, 7) is 0.138. The third-order valence-corrected chi connectivity index (χ3v) is 2.80. The summed E-state index contributed by atoms with van der Waals surface area (Å²) in [5.41, 5.74) is 7.14. The van der Waals surface area contributed by atoms with E-state index in [1.165, 1.54) is 5.39 Å². The van der Waals surface area contributed by atoms with E-state index in [0.29, 0.717) is 0 Å². The van der Waals surface area contributed by atoms with Gasteiger partial charge >= 0.3 is 0 Å². The normalized spacial score (nSPS) is 10.3. The topological polar surface area (TPSA) is 58.4 Å². The van der Waals surface area contributed by atoms with Gasteiger partial charge in [-0.2, -0.15) is 0 Å². The maximum absolute atomic E-state index is 10.9. The minimum Gasteiger partial charge on any atom is -0.375 e. The van der Waals surface area contributed by atoms with E-state index in [0.717, 1.165) is 16.8 Å². The zero-order chi connectivity index (χ0) is 13.1. The molecule has 94 valence electrons. The molecule has 0 spiro atoms. The van der Waals surface area contributed by atoms with Crippen molar-refractivity contribution in [3.05, 3.63) is 36.4 Å². The van der Waals surface area contributed by atoms with Crippen molar-refractivity contribution in [1.29, 1.82) is 0 Å². The summed E-state index contributed by atoms with van der Waals surface area (Å²) in [4.78, 5) is 12.9. The number of nitrogens with one attached hydrogen (secondary N) is 1. The van der Waals surface area contributed by atoms with E-state index in [2.05, 4.69) is 17.4 Å². The lowest BCUT2D eigenvalue weighted by Gasteiger charge is -2.20. The molecule has 0 saturated carbocycles. The SMILES string of the molecule is CN(C)c1c(NCC(N)=O)ccc2ccccc12. The highest BCUT2D eigenvalue weighted by atomic mass is 16.1. The zero-order valence-electron chi connectivity index (χ0n) is 10.6. The molecule has 0 unspecified atom stereocenters. The number of anilines is 2. The fourth-order valence-electron chi connectivity index (χ4n) is 2.06. The van der Waals surface area contributed by atoms with Crippen molar-refractivity contribution >= 4 is 28.1 Å². The van der Waals surface area contributed by atoms with Gasteiger partial charge in [-0.3, -0.25) is 4.79 Å². The highest BCUT2D eigenvalue weighted by molar-refractivity contribution is 6.01. The molecular formula is C14H17N3O. The summed E-state index contributed by atoms with van der Waals surface area (Å²) in [7, 11) is 3.97. The Hall–Kier alpha value is -2.23. The van der Waals surface area contributed by atoms with Gasteiger partial charge in [-0.15, -0.1) is 0 Å². The molecule has 0 bridgehead atoms. The third kappa shape index (κ3) is 2.37. The van der Waals surface area contributed by atoms with E-state index in [-0.39, 0.29) is 12.5 Å². The number of nitrogens with two attached hydrogens (primary N) is 1. The number of rotatable bonds is 4. The minimum atomic E-state index is -0.368. The first-order chi connectivity index (χ1) is 8.59. The molecule has 0 heterocycles. The van der Waals surface area contributed by atoms with Crippen LogP contribution in [0.5, 0.6) is 0 Å². The van der Waals surface area contributed by atoms with Crippen molar-refractivity contribution in [3.8, 4) is 0 Å². The summed E-state index contributed by atoms with van der Waals surface area (Å²) < 4.78 is 0. The molecule has 18 heavy (non-hydrogen) atoms. The van der Waals surface area contributed by atoms with Crippen LogP contribution in [0.25, 0.3) is 10.8 Å². The van der Waals surface area contributed by atoms with Gasteiger partial charge in [0.15, 0.2) is 0 Å². The van der Waals surface area contributed by atoms with Crippen LogP contribution in [0.2, 0.25) is 0 Å². The molecule has 0 aliphatic rings. The van der Waals surface area contributed by atoms with Crippen molar-refractivity contribution in [1.82, 2.24) is 0 Å². The number of primary amides is 1. The van der Waals surface area contributed by atoms with Crippen molar-refractivity contribution in [2.75, 3.05) is 30.9 Å². The van der Waals surface area contributed by atoms with E-state index in [1.807, 2.05) is 43.3 Å². The minimum absolute atomic E-state index is 0.138. The highest BCUT2D eigenvalue weighted by Gasteiger charge is 2.09. The van der Waals surface area contributed by atoms with Gasteiger partial charge in [-0.25, -0.2) is 0 Å². The Labute approximate surface area is 106 Å². The lowest BCUT2D eigenvalue weighted by atomic mass is 10.1. The van der Waals surface area contributed by atoms with E-state index < -0.39 is 0 Å². The number of benzene rings is 2. The molecule has 1 amide bonds. The Morgan fingerprint density at radius 3 is 2.61 bits per heavy atom. The van der Waals surface area contributed by atoms with Gasteiger partial charge in [-0.1, -0.05) is 30.3 Å². The summed E-state index contributed by atoms with van der Waals surface area (Å²) in [5.74, 6) is -0.368. The van der Waals surface area contributed by atoms with Crippen LogP contribution in [0.4, 0.5) is 11.4 Å². The van der Waals surface area contributed by atoms with Crippen LogP contribution in [-0.2, 0) is 4.79 Å². The van der Waals surface area contributed by atoms with Gasteiger partial charge in [0.1, 0.15) is 0 Å². The summed E-state index contributed by atoms with van der Waals surface area (Å²) >= 11 is 0. The second-order valence-corrected chi connectivity index (χ2v) is 4.40. The molecule has 3 N–H and O–H groups in total. The Morgan fingerprint density at radius 2 is 1.94 bits per heavy atom. The van der Waals surface area contributed by atoms with Crippen LogP contribution >= 0.6 is 0 Å². The largest absolute Gasteiger partial charge is 0.375 e. The van der Waals surface area contributed by atoms with Gasteiger partial charge in [0.05, 0.1) is 17.9 Å². The summed E-state index contributed by atoms with van der Waals surface area (Å²) in [6.07, 6.45) is 0. The molecule has 0 saturated heterocycles. The van der Waals surface area contributed by atoms with Gasteiger partial charge < -0.3 is 16.0 Å². The predicted octanol–water partition coefficient (Wildman–Crippen LogP) is 1.80. The molecule has 2 rings (SSSR count). The van der Waals surface area contributed by atoms with Crippen LogP contribution in [-0.4, -0.2) is 26.5 Å². The number of fused-ring (bicyclic) bond motifs is 1. The van der Waals surface area contributed by atoms with Crippen LogP contribution in [0.3, 0.4) is 0 Å². The van der Waals surface area contributed by atoms with E-state index in [9.17, 15) is 4.79 Å². The average molecular weight is 243 g/mol. The van der Waals surface area contributed by atoms with Crippen molar-refractivity contribution in [2.24, 2.45) is 5.73 Å². The third-order valence-electron chi connectivity index (χ3n) is 2.80. The maximum Gasteiger partial charge on any atom is 0.236 e. The monoisotopic (exact) mass is 243 g/mol. The van der Waals surface area contributed by atoms with Crippen molar-refractivity contribution in [2.45, 2.75) is 0 Å². The quantitative estimate of drug-likeness (QED) is 0.861. The van der Waals surface area contributed by atoms with Gasteiger partial charge in [0.25, 0.3) is 0 Å². The fourth-order valence-corrected chi connectivity index (χ4v) is 2.06. The molecule has 0 aromatic heterocycles. The standard InChI is InChI=1S/C14H17N3O/c1-17(2)14-11-6-4-3-5-10(11)7-8-12(14)16-9-13(15)18/h3-8,16H,9H2,1-2H3,(H2,15,18). The first-order valence-corrected chi connectivity index (χ1v) is 5.81. The second-order valence-electron chi connectivity index (χ2n) is 4.40. The van der Waals surface area contributed by atoms with Crippen LogP contribution in [0, 0.1) is 0 Å². The number of hydrogen-bond donors (Lipinski definition) is 2. The molecular weight excluding hydrogens is 226 g/mol. The smallest absolute Gasteiger partial charge is 0.236 e. The van der Waals surface area contributed by atoms with Crippen molar-refractivity contribution < 1.29 is 4.79 Å². The number of nitrogens with zero attached hydrogens (tertiary/aromatic N) is 1. The first kappa shape index (κ1) is 12.2. The number of carbonyl (C=O) groups is 1. The molecule has 0 fully saturated rings. The molecule has 0 atom stereocenters. The molecule has 0 radical (unpaired) electrons. The zero-order valence-corrected chi connectivity index (χ0v) is 10.6. The highest BCUT2D eigenvalue weighted by Crippen LogP contribution is 2.33. The maximum atomic E-state index is 10.9. The number of carbonyl (C=O) groups excluding carboxylic acids is 1. The van der Waals surface area contributed by atoms with E-state index in [4.69, 9.17) is 5.73 Å². The lowest BCUT2D eigenvalue weighted by Crippen LogP contribution is -2.23. The Balaban J connectivity index is 2.52. The molecule has 4 nitrogen and oxygen atoms in total.